The van der Waals surface area contributed by atoms with Crippen LogP contribution in [0.15, 0.2) is 75.9 Å². The summed E-state index contributed by atoms with van der Waals surface area (Å²) in [4.78, 5) is 54.5. The fourth-order valence-corrected chi connectivity index (χ4v) is 9.01. The second-order valence-corrected chi connectivity index (χ2v) is 12.9. The molecule has 4 heterocycles. The number of carbonyl (C=O) groups excluding carboxylic acids is 3. The van der Waals surface area contributed by atoms with Crippen molar-refractivity contribution in [2.24, 2.45) is 5.92 Å². The molecule has 3 amide bonds. The molecule has 0 bridgehead atoms. The van der Waals surface area contributed by atoms with Crippen LogP contribution in [0.2, 0.25) is 0 Å². The van der Waals surface area contributed by atoms with E-state index in [0.29, 0.717) is 14.7 Å². The molecule has 0 spiro atoms. The monoisotopic (exact) mass is 669 g/mol. The summed E-state index contributed by atoms with van der Waals surface area (Å²) in [6.45, 7) is -0.620. The van der Waals surface area contributed by atoms with Gasteiger partial charge < -0.3 is 5.32 Å². The van der Waals surface area contributed by atoms with Crippen LogP contribution in [-0.4, -0.2) is 27.5 Å². The van der Waals surface area contributed by atoms with E-state index in [-0.39, 0.29) is 10.7 Å². The van der Waals surface area contributed by atoms with Crippen LogP contribution in [-0.2, 0) is 33.3 Å². The third kappa shape index (κ3) is 5.24. The first kappa shape index (κ1) is 30.1. The van der Waals surface area contributed by atoms with Crippen molar-refractivity contribution >= 4 is 63.5 Å². The number of rotatable bonds is 5. The quantitative estimate of drug-likeness (QED) is 0.195. The first-order valence-electron chi connectivity index (χ1n) is 12.7. The van der Waals surface area contributed by atoms with E-state index in [9.17, 15) is 45.5 Å². The van der Waals surface area contributed by atoms with Gasteiger partial charge in [-0.3, -0.25) is 23.7 Å². The Bertz CT molecular complexity index is 1850. The molecule has 2 aliphatic heterocycles. The smallest absolute Gasteiger partial charge is 0.325 e. The molecule has 0 aliphatic carbocycles. The SMILES string of the molecule is O=C(Cn1c2c(sc1=O)[C@@H](c1cccs1)[C@@H]1C(=O)N(c3ccccc3C(F)(F)F)C(=O)[C@@H]1S2)Nc1cccc(C(F)(F)F)c1. The number of imide groups is 1. The molecule has 0 unspecified atom stereocenters. The summed E-state index contributed by atoms with van der Waals surface area (Å²) in [6, 6.07) is 11.6. The van der Waals surface area contributed by atoms with Crippen LogP contribution in [0.5, 0.6) is 0 Å². The molecule has 3 atom stereocenters. The van der Waals surface area contributed by atoms with E-state index >= 15 is 0 Å². The Balaban J connectivity index is 1.37. The molecule has 0 saturated carbocycles. The third-order valence-corrected chi connectivity index (χ3v) is 10.7. The average molecular weight is 670 g/mol. The van der Waals surface area contributed by atoms with Gasteiger partial charge in [-0.15, -0.1) is 11.3 Å². The lowest BCUT2D eigenvalue weighted by Gasteiger charge is -2.29. The summed E-state index contributed by atoms with van der Waals surface area (Å²) in [5, 5.41) is 3.03. The lowest BCUT2D eigenvalue weighted by molar-refractivity contribution is -0.138. The highest BCUT2D eigenvalue weighted by atomic mass is 32.2. The Morgan fingerprint density at radius 3 is 2.32 bits per heavy atom. The summed E-state index contributed by atoms with van der Waals surface area (Å²) in [7, 11) is 0. The van der Waals surface area contributed by atoms with E-state index in [1.807, 2.05) is 0 Å². The fraction of sp³-hybridized carbons (Fsp3) is 0.214. The van der Waals surface area contributed by atoms with Crippen LogP contribution in [0.1, 0.15) is 26.8 Å². The van der Waals surface area contributed by atoms with Crippen molar-refractivity contribution in [3.63, 3.8) is 0 Å². The van der Waals surface area contributed by atoms with Crippen molar-refractivity contribution in [3.8, 4) is 0 Å². The highest BCUT2D eigenvalue weighted by Gasteiger charge is 2.58. The van der Waals surface area contributed by atoms with Crippen molar-refractivity contribution in [2.45, 2.75) is 35.1 Å². The highest BCUT2D eigenvalue weighted by molar-refractivity contribution is 8.00. The van der Waals surface area contributed by atoms with Gasteiger partial charge in [0, 0.05) is 21.4 Å². The van der Waals surface area contributed by atoms with Gasteiger partial charge in [0.05, 0.1) is 27.8 Å². The number of nitrogens with one attached hydrogen (secondary N) is 1. The summed E-state index contributed by atoms with van der Waals surface area (Å²) in [5.41, 5.74) is -2.89. The maximum absolute atomic E-state index is 13.9. The number of thiophene rings is 1. The average Bonchev–Trinajstić information content (AvgIpc) is 3.65. The van der Waals surface area contributed by atoms with Crippen molar-refractivity contribution in [2.75, 3.05) is 10.2 Å². The second kappa shape index (κ2) is 10.9. The number of aromatic nitrogens is 1. The Morgan fingerprint density at radius 1 is 0.886 bits per heavy atom. The molecule has 1 fully saturated rings. The number of fused-ring (bicyclic) bond motifs is 2. The van der Waals surface area contributed by atoms with E-state index < -0.39 is 75.4 Å². The Labute approximate surface area is 256 Å². The van der Waals surface area contributed by atoms with Gasteiger partial charge in [0.2, 0.25) is 17.7 Å². The topological polar surface area (TPSA) is 88.5 Å². The summed E-state index contributed by atoms with van der Waals surface area (Å²) >= 11 is 2.78. The van der Waals surface area contributed by atoms with Crippen LogP contribution in [0, 0.1) is 5.92 Å². The maximum atomic E-state index is 13.9. The molecule has 4 aromatic rings. The number of nitrogens with zero attached hydrogens (tertiary/aromatic N) is 2. The van der Waals surface area contributed by atoms with E-state index in [2.05, 4.69) is 5.32 Å². The van der Waals surface area contributed by atoms with Gasteiger partial charge in [-0.05, 0) is 41.8 Å². The standard InChI is InChI=1S/C28H17F6N3O4S3/c29-27(30,31)13-5-3-6-14(11-13)35-18(38)12-36-25-22(44-26(36)41)19(17-9-4-10-42-17)20-21(43-25)24(40)37(23(20)39)16-8-2-1-7-15(16)28(32,33)34/h1-11,19-21H,12H2,(H,35,38)/t19-,20-,21+/m0/s1. The van der Waals surface area contributed by atoms with Gasteiger partial charge in [0.25, 0.3) is 0 Å². The number of hydrogen-bond acceptors (Lipinski definition) is 7. The number of thioether (sulfide) groups is 1. The lowest BCUT2D eigenvalue weighted by atomic mass is 9.87. The molecule has 44 heavy (non-hydrogen) atoms. The molecule has 0 radical (unpaired) electrons. The zero-order chi connectivity index (χ0) is 31.6. The van der Waals surface area contributed by atoms with Crippen molar-refractivity contribution in [3.05, 3.63) is 96.6 Å². The Kier molecular flexibility index (Phi) is 7.49. The van der Waals surface area contributed by atoms with Gasteiger partial charge in [0.1, 0.15) is 11.8 Å². The van der Waals surface area contributed by atoms with E-state index in [1.54, 1.807) is 17.5 Å². The number of carbonyl (C=O) groups is 3. The Hall–Kier alpha value is -3.89. The van der Waals surface area contributed by atoms with E-state index in [4.69, 9.17) is 0 Å². The lowest BCUT2D eigenvalue weighted by Crippen LogP contribution is -2.33. The minimum absolute atomic E-state index is 0.151. The molecule has 2 aromatic carbocycles. The predicted octanol–water partition coefficient (Wildman–Crippen LogP) is 6.44. The van der Waals surface area contributed by atoms with Gasteiger partial charge in [-0.1, -0.05) is 47.4 Å². The third-order valence-electron chi connectivity index (χ3n) is 7.12. The molecule has 2 aliphatic rings. The number of anilines is 2. The molecule has 228 valence electrons. The van der Waals surface area contributed by atoms with Gasteiger partial charge in [-0.2, -0.15) is 26.3 Å². The van der Waals surface area contributed by atoms with Crippen molar-refractivity contribution < 1.29 is 40.7 Å². The first-order chi connectivity index (χ1) is 20.8. The highest BCUT2D eigenvalue weighted by Crippen LogP contribution is 2.55. The van der Waals surface area contributed by atoms with Gasteiger partial charge >= 0.3 is 17.2 Å². The number of thiazole rings is 1. The van der Waals surface area contributed by atoms with Crippen LogP contribution >= 0.6 is 34.4 Å². The number of hydrogen-bond donors (Lipinski definition) is 1. The number of benzene rings is 2. The fourth-order valence-electron chi connectivity index (χ4n) is 5.29. The largest absolute Gasteiger partial charge is 0.418 e. The zero-order valence-corrected chi connectivity index (χ0v) is 24.3. The molecule has 16 heteroatoms. The maximum Gasteiger partial charge on any atom is 0.418 e. The summed E-state index contributed by atoms with van der Waals surface area (Å²) < 4.78 is 82.0. The molecular weight excluding hydrogens is 653 g/mol. The Morgan fingerprint density at radius 2 is 1.64 bits per heavy atom. The van der Waals surface area contributed by atoms with Crippen LogP contribution in [0.3, 0.4) is 0 Å². The second-order valence-electron chi connectivity index (χ2n) is 9.83. The minimum atomic E-state index is -4.85. The van der Waals surface area contributed by atoms with E-state index in [1.165, 1.54) is 23.5 Å². The molecule has 6 rings (SSSR count). The van der Waals surface area contributed by atoms with Crippen LogP contribution in [0.25, 0.3) is 0 Å². The normalized spacial score (nSPS) is 20.0. The number of alkyl halides is 6. The predicted molar refractivity (Wildman–Crippen MR) is 152 cm³/mol. The first-order valence-corrected chi connectivity index (χ1v) is 15.3. The molecule has 7 nitrogen and oxygen atoms in total. The zero-order valence-electron chi connectivity index (χ0n) is 21.8. The van der Waals surface area contributed by atoms with Gasteiger partial charge in [0.15, 0.2) is 0 Å². The van der Waals surface area contributed by atoms with Gasteiger partial charge in [-0.25, -0.2) is 4.90 Å². The number of para-hydroxylation sites is 1. The molecule has 1 saturated heterocycles. The number of halogens is 6. The summed E-state index contributed by atoms with van der Waals surface area (Å²) in [6.07, 6.45) is -9.49. The van der Waals surface area contributed by atoms with Crippen molar-refractivity contribution in [1.82, 2.24) is 4.57 Å². The molecular formula is C28H17F6N3O4S3. The molecule has 1 N–H and O–H groups in total. The molecule has 2 aromatic heterocycles. The van der Waals surface area contributed by atoms with Crippen LogP contribution < -0.4 is 15.1 Å². The minimum Gasteiger partial charge on any atom is -0.325 e. The summed E-state index contributed by atoms with van der Waals surface area (Å²) in [5.74, 6) is -4.56. The number of amides is 3. The van der Waals surface area contributed by atoms with E-state index in [0.717, 1.165) is 64.1 Å². The van der Waals surface area contributed by atoms with Crippen LogP contribution in [0.4, 0.5) is 37.7 Å². The van der Waals surface area contributed by atoms with Crippen molar-refractivity contribution in [1.29, 1.82) is 0 Å².